The molecule has 2 aromatic rings. The fraction of sp³-hybridized carbons (Fsp3) is 0.0625. The summed E-state index contributed by atoms with van der Waals surface area (Å²) in [5.41, 5.74) is 0.707. The number of benzene rings is 2. The zero-order valence-corrected chi connectivity index (χ0v) is 14.9. The Morgan fingerprint density at radius 3 is 2.20 bits per heavy atom. The smallest absolute Gasteiger partial charge is 0.313 e. The van der Waals surface area contributed by atoms with Crippen LogP contribution in [0.25, 0.3) is 0 Å². The molecule has 0 bridgehead atoms. The summed E-state index contributed by atoms with van der Waals surface area (Å²) in [4.78, 5) is 35.3. The van der Waals surface area contributed by atoms with Gasteiger partial charge in [-0.1, -0.05) is 46.9 Å². The third-order valence-electron chi connectivity index (χ3n) is 2.94. The Hall–Kier alpha value is -2.28. The average molecular weight is 401 g/mol. The van der Waals surface area contributed by atoms with E-state index in [0.717, 1.165) is 0 Å². The highest BCUT2D eigenvalue weighted by atomic mass is 35.5. The highest BCUT2D eigenvalue weighted by Gasteiger charge is 2.15. The van der Waals surface area contributed by atoms with E-state index in [1.165, 1.54) is 18.2 Å². The monoisotopic (exact) mass is 399 g/mol. The number of rotatable bonds is 4. The first-order chi connectivity index (χ1) is 11.9. The standard InChI is InChI=1S/C16H12Cl3N3O3/c17-10-6-5-9(7-12(10)19)21-16(25)15(24)20-8-14(23)22-13-4-2-1-3-11(13)18/h1-7H,8H2,(H,20,24)(H,21,25)(H,22,23). The molecule has 3 amide bonds. The molecule has 2 aromatic carbocycles. The molecule has 2 rings (SSSR count). The molecule has 0 spiro atoms. The molecule has 0 saturated carbocycles. The summed E-state index contributed by atoms with van der Waals surface area (Å²) in [6.07, 6.45) is 0. The van der Waals surface area contributed by atoms with E-state index in [-0.39, 0.29) is 5.02 Å². The van der Waals surface area contributed by atoms with E-state index in [4.69, 9.17) is 34.8 Å². The molecule has 0 aromatic heterocycles. The van der Waals surface area contributed by atoms with Gasteiger partial charge in [-0.3, -0.25) is 14.4 Å². The number of carbonyl (C=O) groups is 3. The predicted octanol–water partition coefficient (Wildman–Crippen LogP) is 3.34. The molecule has 0 aliphatic rings. The van der Waals surface area contributed by atoms with Crippen LogP contribution in [0.15, 0.2) is 42.5 Å². The van der Waals surface area contributed by atoms with E-state index in [2.05, 4.69) is 16.0 Å². The third-order valence-corrected chi connectivity index (χ3v) is 4.01. The van der Waals surface area contributed by atoms with E-state index in [1.807, 2.05) is 0 Å². The summed E-state index contributed by atoms with van der Waals surface area (Å²) >= 11 is 17.5. The maximum Gasteiger partial charge on any atom is 0.313 e. The van der Waals surface area contributed by atoms with Crippen LogP contribution in [0.4, 0.5) is 11.4 Å². The number of para-hydroxylation sites is 1. The Kier molecular flexibility index (Phi) is 6.64. The van der Waals surface area contributed by atoms with Crippen LogP contribution in [0.5, 0.6) is 0 Å². The van der Waals surface area contributed by atoms with Gasteiger partial charge in [0.15, 0.2) is 0 Å². The zero-order chi connectivity index (χ0) is 18.4. The average Bonchev–Trinajstić information content (AvgIpc) is 2.58. The van der Waals surface area contributed by atoms with Crippen LogP contribution < -0.4 is 16.0 Å². The van der Waals surface area contributed by atoms with Gasteiger partial charge >= 0.3 is 11.8 Å². The second-order valence-electron chi connectivity index (χ2n) is 4.79. The van der Waals surface area contributed by atoms with Crippen LogP contribution in [0.1, 0.15) is 0 Å². The summed E-state index contributed by atoms with van der Waals surface area (Å²) in [7, 11) is 0. The van der Waals surface area contributed by atoms with Crippen LogP contribution in [0, 0.1) is 0 Å². The first-order valence-electron chi connectivity index (χ1n) is 6.95. The molecule has 3 N–H and O–H groups in total. The van der Waals surface area contributed by atoms with Crippen molar-refractivity contribution in [3.8, 4) is 0 Å². The highest BCUT2D eigenvalue weighted by molar-refractivity contribution is 6.43. The minimum atomic E-state index is -0.972. The predicted molar refractivity (Wildman–Crippen MR) is 98.2 cm³/mol. The van der Waals surface area contributed by atoms with Crippen molar-refractivity contribution in [2.45, 2.75) is 0 Å². The largest absolute Gasteiger partial charge is 0.339 e. The second-order valence-corrected chi connectivity index (χ2v) is 6.02. The van der Waals surface area contributed by atoms with Gasteiger partial charge in [0.05, 0.1) is 27.3 Å². The SMILES string of the molecule is O=C(CNC(=O)C(=O)Nc1ccc(Cl)c(Cl)c1)Nc1ccccc1Cl. The minimum absolute atomic E-state index is 0.235. The Labute approximate surface area is 158 Å². The minimum Gasteiger partial charge on any atom is -0.339 e. The summed E-state index contributed by atoms with van der Waals surface area (Å²) in [5.74, 6) is -2.44. The van der Waals surface area contributed by atoms with Crippen molar-refractivity contribution in [1.29, 1.82) is 0 Å². The molecular weight excluding hydrogens is 389 g/mol. The zero-order valence-electron chi connectivity index (χ0n) is 12.6. The van der Waals surface area contributed by atoms with E-state index in [0.29, 0.717) is 21.4 Å². The van der Waals surface area contributed by atoms with Crippen LogP contribution in [-0.4, -0.2) is 24.3 Å². The molecule has 0 saturated heterocycles. The lowest BCUT2D eigenvalue weighted by Crippen LogP contribution is -2.39. The number of anilines is 2. The summed E-state index contributed by atoms with van der Waals surface area (Å²) in [5, 5.41) is 7.98. The summed E-state index contributed by atoms with van der Waals surface area (Å²) in [6, 6.07) is 11.0. The lowest BCUT2D eigenvalue weighted by molar-refractivity contribution is -0.136. The van der Waals surface area contributed by atoms with Gasteiger partial charge in [-0.2, -0.15) is 0 Å². The van der Waals surface area contributed by atoms with Crippen LogP contribution in [-0.2, 0) is 14.4 Å². The number of carbonyl (C=O) groups excluding carboxylic acids is 3. The first-order valence-corrected chi connectivity index (χ1v) is 8.09. The van der Waals surface area contributed by atoms with Gasteiger partial charge in [-0.25, -0.2) is 0 Å². The Morgan fingerprint density at radius 2 is 1.52 bits per heavy atom. The second kappa shape index (κ2) is 8.71. The fourth-order valence-electron chi connectivity index (χ4n) is 1.76. The molecule has 0 aliphatic heterocycles. The Morgan fingerprint density at radius 1 is 0.800 bits per heavy atom. The van der Waals surface area contributed by atoms with Crippen molar-refractivity contribution in [2.24, 2.45) is 0 Å². The van der Waals surface area contributed by atoms with Crippen molar-refractivity contribution in [3.63, 3.8) is 0 Å². The van der Waals surface area contributed by atoms with Crippen molar-refractivity contribution in [1.82, 2.24) is 5.32 Å². The Balaban J connectivity index is 1.84. The molecule has 0 aliphatic carbocycles. The summed E-state index contributed by atoms with van der Waals surface area (Å²) < 4.78 is 0. The van der Waals surface area contributed by atoms with Gasteiger partial charge in [0, 0.05) is 5.69 Å². The topological polar surface area (TPSA) is 87.3 Å². The molecule has 0 fully saturated rings. The molecule has 0 radical (unpaired) electrons. The van der Waals surface area contributed by atoms with Crippen LogP contribution in [0.2, 0.25) is 15.1 Å². The van der Waals surface area contributed by atoms with Crippen molar-refractivity contribution in [3.05, 3.63) is 57.5 Å². The van der Waals surface area contributed by atoms with Gasteiger partial charge in [-0.05, 0) is 30.3 Å². The summed E-state index contributed by atoms with van der Waals surface area (Å²) in [6.45, 7) is -0.390. The third kappa shape index (κ3) is 5.63. The van der Waals surface area contributed by atoms with Crippen molar-refractivity contribution in [2.75, 3.05) is 17.2 Å². The van der Waals surface area contributed by atoms with E-state index in [9.17, 15) is 14.4 Å². The molecule has 0 unspecified atom stereocenters. The van der Waals surface area contributed by atoms with E-state index in [1.54, 1.807) is 24.3 Å². The highest BCUT2D eigenvalue weighted by Crippen LogP contribution is 2.25. The van der Waals surface area contributed by atoms with Gasteiger partial charge in [0.25, 0.3) is 0 Å². The lowest BCUT2D eigenvalue weighted by atomic mass is 10.3. The molecule has 9 heteroatoms. The van der Waals surface area contributed by atoms with Gasteiger partial charge in [-0.15, -0.1) is 0 Å². The fourth-order valence-corrected chi connectivity index (χ4v) is 2.24. The molecule has 6 nitrogen and oxygen atoms in total. The number of hydrogen-bond donors (Lipinski definition) is 3. The normalized spacial score (nSPS) is 10.0. The van der Waals surface area contributed by atoms with Gasteiger partial charge in [0.1, 0.15) is 0 Å². The van der Waals surface area contributed by atoms with Crippen LogP contribution in [0.3, 0.4) is 0 Å². The quantitative estimate of drug-likeness (QED) is 0.688. The number of amides is 3. The van der Waals surface area contributed by atoms with Crippen molar-refractivity contribution < 1.29 is 14.4 Å². The first kappa shape index (κ1) is 19.1. The molecule has 0 heterocycles. The lowest BCUT2D eigenvalue weighted by Gasteiger charge is -2.09. The molecule has 25 heavy (non-hydrogen) atoms. The maximum atomic E-state index is 11.8. The maximum absolute atomic E-state index is 11.8. The molecular formula is C16H12Cl3N3O3. The molecule has 130 valence electrons. The number of halogens is 3. The van der Waals surface area contributed by atoms with Crippen molar-refractivity contribution >= 4 is 63.9 Å². The van der Waals surface area contributed by atoms with Crippen LogP contribution >= 0.6 is 34.8 Å². The van der Waals surface area contributed by atoms with Gasteiger partial charge in [0.2, 0.25) is 5.91 Å². The van der Waals surface area contributed by atoms with E-state index < -0.39 is 24.3 Å². The number of nitrogens with one attached hydrogen (secondary N) is 3. The van der Waals surface area contributed by atoms with E-state index >= 15 is 0 Å². The Bertz CT molecular complexity index is 827. The van der Waals surface area contributed by atoms with Gasteiger partial charge < -0.3 is 16.0 Å². The molecule has 0 atom stereocenters. The number of hydrogen-bond acceptors (Lipinski definition) is 3.